The number of rotatable bonds is 8. The third kappa shape index (κ3) is 6.92. The largest absolute Gasteiger partial charge is 0.378 e. The molecule has 3 atom stereocenters. The predicted molar refractivity (Wildman–Crippen MR) is 94.3 cm³/mol. The molecule has 1 aliphatic carbocycles. The van der Waals surface area contributed by atoms with E-state index in [0.29, 0.717) is 18.1 Å². The van der Waals surface area contributed by atoms with Crippen molar-refractivity contribution < 1.29 is 4.74 Å². The molecular weight excluding hydrogens is 282 g/mol. The van der Waals surface area contributed by atoms with Gasteiger partial charge in [-0.1, -0.05) is 13.8 Å². The van der Waals surface area contributed by atoms with Gasteiger partial charge in [-0.3, -0.25) is 4.99 Å². The molecule has 0 amide bonds. The highest BCUT2D eigenvalue weighted by atomic mass is 32.2. The number of nitrogens with zero attached hydrogens (tertiary/aromatic N) is 1. The lowest BCUT2D eigenvalue weighted by Gasteiger charge is -2.22. The Balaban J connectivity index is 2.28. The monoisotopic (exact) mass is 315 g/mol. The number of hydrogen-bond acceptors (Lipinski definition) is 3. The first-order valence-corrected chi connectivity index (χ1v) is 9.51. The molecule has 2 N–H and O–H groups in total. The minimum absolute atomic E-state index is 0.327. The number of nitrogens with one attached hydrogen (secondary N) is 2. The first-order chi connectivity index (χ1) is 10.1. The van der Waals surface area contributed by atoms with Crippen LogP contribution in [0.2, 0.25) is 0 Å². The molecule has 0 aromatic rings. The van der Waals surface area contributed by atoms with Crippen molar-refractivity contribution >= 4 is 17.7 Å². The van der Waals surface area contributed by atoms with Crippen molar-refractivity contribution in [2.75, 3.05) is 26.5 Å². The summed E-state index contributed by atoms with van der Waals surface area (Å²) in [5.41, 5.74) is 0. The fraction of sp³-hybridized carbons (Fsp3) is 0.938. The van der Waals surface area contributed by atoms with Crippen LogP contribution in [0.25, 0.3) is 0 Å². The van der Waals surface area contributed by atoms with Crippen LogP contribution in [-0.2, 0) is 4.74 Å². The second kappa shape index (κ2) is 10.3. The summed E-state index contributed by atoms with van der Waals surface area (Å²) in [5, 5.41) is 7.78. The van der Waals surface area contributed by atoms with Crippen LogP contribution in [0, 0.1) is 5.92 Å². The van der Waals surface area contributed by atoms with Crippen LogP contribution < -0.4 is 10.6 Å². The molecule has 1 fully saturated rings. The standard InChI is InChI=1S/C16H33N3OS/c1-6-20-15(12(2)3)9-10-18-16(17-4)19-13-7-8-14(11-13)21-5/h12-15H,6-11H2,1-5H3,(H2,17,18,19). The Hall–Kier alpha value is -0.420. The Bertz CT molecular complexity index is 310. The van der Waals surface area contributed by atoms with E-state index < -0.39 is 0 Å². The minimum Gasteiger partial charge on any atom is -0.378 e. The van der Waals surface area contributed by atoms with E-state index in [1.54, 1.807) is 0 Å². The summed E-state index contributed by atoms with van der Waals surface area (Å²) in [6, 6.07) is 0.571. The van der Waals surface area contributed by atoms with Gasteiger partial charge in [0.2, 0.25) is 0 Å². The zero-order chi connectivity index (χ0) is 15.7. The number of ether oxygens (including phenoxy) is 1. The zero-order valence-electron chi connectivity index (χ0n) is 14.3. The average molecular weight is 316 g/mol. The fourth-order valence-corrected chi connectivity index (χ4v) is 3.63. The van der Waals surface area contributed by atoms with Crippen LogP contribution in [-0.4, -0.2) is 49.8 Å². The number of guanidine groups is 1. The molecule has 3 unspecified atom stereocenters. The van der Waals surface area contributed by atoms with Gasteiger partial charge in [0.05, 0.1) is 6.10 Å². The van der Waals surface area contributed by atoms with E-state index in [0.717, 1.165) is 30.8 Å². The first kappa shape index (κ1) is 18.6. The van der Waals surface area contributed by atoms with Gasteiger partial charge in [-0.25, -0.2) is 0 Å². The van der Waals surface area contributed by atoms with Crippen molar-refractivity contribution in [3.05, 3.63) is 0 Å². The van der Waals surface area contributed by atoms with Crippen LogP contribution in [0.3, 0.4) is 0 Å². The first-order valence-electron chi connectivity index (χ1n) is 8.22. The SMILES string of the molecule is CCOC(CCNC(=NC)NC1CCC(SC)C1)C(C)C. The molecule has 0 bridgehead atoms. The third-order valence-electron chi connectivity index (χ3n) is 4.13. The number of aliphatic imine (C=N–C) groups is 1. The maximum atomic E-state index is 5.78. The van der Waals surface area contributed by atoms with Crippen LogP contribution >= 0.6 is 11.8 Å². The molecule has 0 aromatic carbocycles. The van der Waals surface area contributed by atoms with E-state index in [4.69, 9.17) is 4.74 Å². The van der Waals surface area contributed by atoms with E-state index in [-0.39, 0.29) is 0 Å². The van der Waals surface area contributed by atoms with Gasteiger partial charge in [0.25, 0.3) is 0 Å². The quantitative estimate of drug-likeness (QED) is 0.534. The zero-order valence-corrected chi connectivity index (χ0v) is 15.1. The predicted octanol–water partition coefficient (Wildman–Crippen LogP) is 2.89. The fourth-order valence-electron chi connectivity index (χ4n) is 2.83. The number of hydrogen-bond donors (Lipinski definition) is 2. The lowest BCUT2D eigenvalue weighted by atomic mass is 10.0. The molecular formula is C16H33N3OS. The summed E-state index contributed by atoms with van der Waals surface area (Å²) in [6.45, 7) is 8.18. The maximum Gasteiger partial charge on any atom is 0.191 e. The van der Waals surface area contributed by atoms with Gasteiger partial charge >= 0.3 is 0 Å². The van der Waals surface area contributed by atoms with Gasteiger partial charge in [0.1, 0.15) is 0 Å². The second-order valence-electron chi connectivity index (χ2n) is 6.04. The Morgan fingerprint density at radius 2 is 2.14 bits per heavy atom. The Morgan fingerprint density at radius 3 is 2.67 bits per heavy atom. The normalized spacial score (nSPS) is 24.4. The van der Waals surface area contributed by atoms with Crippen LogP contribution in [0.1, 0.15) is 46.5 Å². The van der Waals surface area contributed by atoms with E-state index in [1.165, 1.54) is 19.3 Å². The molecule has 1 aliphatic rings. The molecule has 0 heterocycles. The highest BCUT2D eigenvalue weighted by Gasteiger charge is 2.24. The second-order valence-corrected chi connectivity index (χ2v) is 7.18. The molecule has 1 saturated carbocycles. The van der Waals surface area contributed by atoms with Crippen molar-refractivity contribution in [2.45, 2.75) is 63.9 Å². The van der Waals surface area contributed by atoms with Gasteiger partial charge in [-0.15, -0.1) is 0 Å². The molecule has 21 heavy (non-hydrogen) atoms. The molecule has 0 spiro atoms. The van der Waals surface area contributed by atoms with E-state index >= 15 is 0 Å². The molecule has 4 nitrogen and oxygen atoms in total. The van der Waals surface area contributed by atoms with Crippen LogP contribution in [0.15, 0.2) is 4.99 Å². The Labute approximate surface area is 134 Å². The molecule has 0 saturated heterocycles. The summed E-state index contributed by atoms with van der Waals surface area (Å²) in [4.78, 5) is 4.34. The van der Waals surface area contributed by atoms with Crippen molar-refractivity contribution in [3.8, 4) is 0 Å². The summed E-state index contributed by atoms with van der Waals surface area (Å²) in [7, 11) is 1.85. The van der Waals surface area contributed by atoms with Crippen LogP contribution in [0.5, 0.6) is 0 Å². The van der Waals surface area contributed by atoms with Gasteiger partial charge in [-0.2, -0.15) is 11.8 Å². The lowest BCUT2D eigenvalue weighted by molar-refractivity contribution is 0.0258. The topological polar surface area (TPSA) is 45.6 Å². The minimum atomic E-state index is 0.327. The van der Waals surface area contributed by atoms with Crippen molar-refractivity contribution in [1.29, 1.82) is 0 Å². The van der Waals surface area contributed by atoms with Gasteiger partial charge in [0.15, 0.2) is 5.96 Å². The maximum absolute atomic E-state index is 5.78. The molecule has 0 radical (unpaired) electrons. The van der Waals surface area contributed by atoms with Crippen molar-refractivity contribution in [1.82, 2.24) is 10.6 Å². The van der Waals surface area contributed by atoms with E-state index in [1.807, 2.05) is 18.8 Å². The summed E-state index contributed by atoms with van der Waals surface area (Å²) >= 11 is 1.98. The van der Waals surface area contributed by atoms with E-state index in [2.05, 4.69) is 42.7 Å². The molecule has 0 aliphatic heterocycles. The smallest absolute Gasteiger partial charge is 0.191 e. The molecule has 124 valence electrons. The number of thioether (sulfide) groups is 1. The average Bonchev–Trinajstić information content (AvgIpc) is 2.92. The Morgan fingerprint density at radius 1 is 1.38 bits per heavy atom. The van der Waals surface area contributed by atoms with Gasteiger partial charge in [0, 0.05) is 31.5 Å². The van der Waals surface area contributed by atoms with Crippen molar-refractivity contribution in [3.63, 3.8) is 0 Å². The van der Waals surface area contributed by atoms with Crippen LogP contribution in [0.4, 0.5) is 0 Å². The molecule has 5 heteroatoms. The highest BCUT2D eigenvalue weighted by Crippen LogP contribution is 2.27. The Kier molecular flexibility index (Phi) is 9.16. The summed E-state index contributed by atoms with van der Waals surface area (Å²) in [5.74, 6) is 1.49. The van der Waals surface area contributed by atoms with E-state index in [9.17, 15) is 0 Å². The summed E-state index contributed by atoms with van der Waals surface area (Å²) in [6.07, 6.45) is 7.36. The van der Waals surface area contributed by atoms with Gasteiger partial charge in [-0.05, 0) is 44.8 Å². The van der Waals surface area contributed by atoms with Crippen molar-refractivity contribution in [2.24, 2.45) is 10.9 Å². The highest BCUT2D eigenvalue weighted by molar-refractivity contribution is 7.99. The lowest BCUT2D eigenvalue weighted by Crippen LogP contribution is -2.43. The molecule has 0 aromatic heterocycles. The summed E-state index contributed by atoms with van der Waals surface area (Å²) < 4.78 is 5.78. The third-order valence-corrected chi connectivity index (χ3v) is 5.22. The molecule has 1 rings (SSSR count). The van der Waals surface area contributed by atoms with Gasteiger partial charge < -0.3 is 15.4 Å².